The van der Waals surface area contributed by atoms with Crippen LogP contribution in [0.4, 0.5) is 11.4 Å². The van der Waals surface area contributed by atoms with Gasteiger partial charge in [-0.25, -0.2) is 0 Å². The molecule has 2 heterocycles. The minimum Gasteiger partial charge on any atom is -0.369 e. The molecule has 0 radical (unpaired) electrons. The predicted octanol–water partition coefficient (Wildman–Crippen LogP) is 3.76. The maximum absolute atomic E-state index is 12.4. The quantitative estimate of drug-likeness (QED) is 0.694. The van der Waals surface area contributed by atoms with Gasteiger partial charge in [-0.05, 0) is 36.4 Å². The molecule has 0 bridgehead atoms. The third-order valence-electron chi connectivity index (χ3n) is 4.55. The lowest BCUT2D eigenvalue weighted by Gasteiger charge is -2.35. The van der Waals surface area contributed by atoms with Gasteiger partial charge in [0.25, 0.3) is 0 Å². The molecule has 9 heteroatoms. The van der Waals surface area contributed by atoms with Crippen LogP contribution in [-0.2, 0) is 4.79 Å². The first-order chi connectivity index (χ1) is 13.1. The number of nitrogens with one attached hydrogen (secondary N) is 1. The molecule has 6 nitrogen and oxygen atoms in total. The van der Waals surface area contributed by atoms with Gasteiger partial charge in [0.2, 0.25) is 5.91 Å². The molecular weight excluding hydrogens is 405 g/mol. The fourth-order valence-electron chi connectivity index (χ4n) is 3.11. The van der Waals surface area contributed by atoms with Gasteiger partial charge >= 0.3 is 0 Å². The second-order valence-electron chi connectivity index (χ2n) is 6.38. The molecule has 27 heavy (non-hydrogen) atoms. The number of hydrogen-bond acceptors (Lipinski definition) is 6. The monoisotopic (exact) mass is 421 g/mol. The molecule has 1 amide bonds. The maximum atomic E-state index is 12.4. The molecule has 4 rings (SSSR count). The summed E-state index contributed by atoms with van der Waals surface area (Å²) in [6, 6.07) is 11.2. The highest BCUT2D eigenvalue weighted by atomic mass is 35.5. The third-order valence-corrected chi connectivity index (χ3v) is 5.84. The van der Waals surface area contributed by atoms with Crippen molar-refractivity contribution < 1.29 is 4.79 Å². The number of halogens is 2. The fourth-order valence-corrected chi connectivity index (χ4v) is 3.92. The molecule has 0 atom stereocenters. The van der Waals surface area contributed by atoms with Crippen molar-refractivity contribution in [1.29, 1.82) is 0 Å². The summed E-state index contributed by atoms with van der Waals surface area (Å²) in [4.78, 5) is 16.8. The first kappa shape index (κ1) is 18.4. The first-order valence-corrected chi connectivity index (χ1v) is 10.0. The van der Waals surface area contributed by atoms with Crippen molar-refractivity contribution in [2.45, 2.75) is 0 Å². The van der Waals surface area contributed by atoms with Crippen molar-refractivity contribution in [3.8, 4) is 0 Å². The minimum atomic E-state index is -0.0273. The van der Waals surface area contributed by atoms with E-state index >= 15 is 0 Å². The molecule has 0 saturated carbocycles. The average Bonchev–Trinajstić information content (AvgIpc) is 3.12. The van der Waals surface area contributed by atoms with Gasteiger partial charge in [0, 0.05) is 37.6 Å². The molecule has 0 spiro atoms. The number of carbonyl (C=O) groups excluding carboxylic acids is 1. The van der Waals surface area contributed by atoms with Crippen LogP contribution >= 0.6 is 34.9 Å². The normalized spacial score (nSPS) is 15.3. The van der Waals surface area contributed by atoms with Crippen LogP contribution in [0.5, 0.6) is 0 Å². The molecular formula is C18H17Cl2N5OS. The third kappa shape index (κ3) is 4.32. The number of amides is 1. The lowest BCUT2D eigenvalue weighted by molar-refractivity contribution is -0.117. The van der Waals surface area contributed by atoms with E-state index in [1.54, 1.807) is 0 Å². The van der Waals surface area contributed by atoms with E-state index < -0.39 is 0 Å². The van der Waals surface area contributed by atoms with E-state index in [0.717, 1.165) is 48.6 Å². The summed E-state index contributed by atoms with van der Waals surface area (Å²) in [5, 5.41) is 4.05. The minimum absolute atomic E-state index is 0.0273. The molecule has 140 valence electrons. The van der Waals surface area contributed by atoms with Crippen LogP contribution < -0.4 is 10.2 Å². The van der Waals surface area contributed by atoms with Crippen molar-refractivity contribution in [2.24, 2.45) is 0 Å². The van der Waals surface area contributed by atoms with Gasteiger partial charge in [-0.3, -0.25) is 9.69 Å². The number of nitrogens with zero attached hydrogens (tertiary/aromatic N) is 4. The Morgan fingerprint density at radius 1 is 1.00 bits per heavy atom. The molecule has 1 aromatic heterocycles. The topological polar surface area (TPSA) is 61.4 Å². The highest BCUT2D eigenvalue weighted by molar-refractivity contribution is 7.00. The van der Waals surface area contributed by atoms with Crippen LogP contribution in [0.15, 0.2) is 36.4 Å². The van der Waals surface area contributed by atoms with Gasteiger partial charge in [-0.15, -0.1) is 0 Å². The number of aromatic nitrogens is 2. The molecule has 0 unspecified atom stereocenters. The largest absolute Gasteiger partial charge is 0.369 e. The summed E-state index contributed by atoms with van der Waals surface area (Å²) in [7, 11) is 0. The van der Waals surface area contributed by atoms with Gasteiger partial charge in [0.1, 0.15) is 11.0 Å². The lowest BCUT2D eigenvalue weighted by Crippen LogP contribution is -2.48. The summed E-state index contributed by atoms with van der Waals surface area (Å²) >= 11 is 13.3. The Balaban J connectivity index is 1.30. The Morgan fingerprint density at radius 3 is 2.56 bits per heavy atom. The standard InChI is InChI=1S/C18H17Cl2N5OS/c19-14-3-2-13(10-15(14)20)25-7-5-24(6-8-25)11-18(26)21-12-1-4-16-17(9-12)23-27-22-16/h1-4,9-10H,5-8,11H2,(H,21,26). The smallest absolute Gasteiger partial charge is 0.238 e. The fraction of sp³-hybridized carbons (Fsp3) is 0.278. The van der Waals surface area contributed by atoms with Crippen LogP contribution in [0.1, 0.15) is 0 Å². The van der Waals surface area contributed by atoms with E-state index in [-0.39, 0.29) is 5.91 Å². The van der Waals surface area contributed by atoms with E-state index in [9.17, 15) is 4.79 Å². The number of rotatable bonds is 4. The lowest BCUT2D eigenvalue weighted by atomic mass is 10.2. The summed E-state index contributed by atoms with van der Waals surface area (Å²) in [6.45, 7) is 3.65. The van der Waals surface area contributed by atoms with Crippen molar-refractivity contribution in [3.05, 3.63) is 46.4 Å². The number of hydrogen-bond donors (Lipinski definition) is 1. The molecule has 1 aliphatic rings. The van der Waals surface area contributed by atoms with E-state index in [1.807, 2.05) is 36.4 Å². The maximum Gasteiger partial charge on any atom is 0.238 e. The van der Waals surface area contributed by atoms with Crippen molar-refractivity contribution in [3.63, 3.8) is 0 Å². The molecule has 3 aromatic rings. The number of fused-ring (bicyclic) bond motifs is 1. The van der Waals surface area contributed by atoms with Crippen molar-refractivity contribution in [2.75, 3.05) is 42.9 Å². The summed E-state index contributed by atoms with van der Waals surface area (Å²) in [5.74, 6) is -0.0273. The Bertz CT molecular complexity index is 971. The number of piperazine rings is 1. The van der Waals surface area contributed by atoms with Crippen LogP contribution in [0.25, 0.3) is 11.0 Å². The van der Waals surface area contributed by atoms with Crippen LogP contribution in [0, 0.1) is 0 Å². The zero-order chi connectivity index (χ0) is 18.8. The number of benzene rings is 2. The zero-order valence-corrected chi connectivity index (χ0v) is 16.7. The van der Waals surface area contributed by atoms with Crippen molar-refractivity contribution >= 4 is 63.2 Å². The Morgan fingerprint density at radius 2 is 1.78 bits per heavy atom. The van der Waals surface area contributed by atoms with Crippen LogP contribution in [0.3, 0.4) is 0 Å². The summed E-state index contributed by atoms with van der Waals surface area (Å²) < 4.78 is 8.36. The van der Waals surface area contributed by atoms with Gasteiger partial charge in [-0.1, -0.05) is 23.2 Å². The van der Waals surface area contributed by atoms with Gasteiger partial charge in [0.15, 0.2) is 0 Å². The van der Waals surface area contributed by atoms with E-state index in [0.29, 0.717) is 16.6 Å². The number of carbonyl (C=O) groups is 1. The molecule has 2 aromatic carbocycles. The highest BCUT2D eigenvalue weighted by Crippen LogP contribution is 2.27. The SMILES string of the molecule is O=C(CN1CCN(c2ccc(Cl)c(Cl)c2)CC1)Nc1ccc2nsnc2c1. The second-order valence-corrected chi connectivity index (χ2v) is 7.72. The molecule has 1 aliphatic heterocycles. The van der Waals surface area contributed by atoms with E-state index in [2.05, 4.69) is 23.9 Å². The Kier molecular flexibility index (Phi) is 5.45. The summed E-state index contributed by atoms with van der Waals surface area (Å²) in [6.07, 6.45) is 0. The van der Waals surface area contributed by atoms with Gasteiger partial charge in [-0.2, -0.15) is 8.75 Å². The number of anilines is 2. The van der Waals surface area contributed by atoms with Gasteiger partial charge < -0.3 is 10.2 Å². The van der Waals surface area contributed by atoms with Crippen LogP contribution in [-0.4, -0.2) is 52.3 Å². The van der Waals surface area contributed by atoms with E-state index in [4.69, 9.17) is 23.2 Å². The average molecular weight is 422 g/mol. The predicted molar refractivity (Wildman–Crippen MR) is 111 cm³/mol. The Labute approximate surface area is 171 Å². The second kappa shape index (κ2) is 7.98. The molecule has 1 N–H and O–H groups in total. The zero-order valence-electron chi connectivity index (χ0n) is 14.4. The molecule has 1 saturated heterocycles. The van der Waals surface area contributed by atoms with Crippen molar-refractivity contribution in [1.82, 2.24) is 13.6 Å². The van der Waals surface area contributed by atoms with Crippen LogP contribution in [0.2, 0.25) is 10.0 Å². The van der Waals surface area contributed by atoms with Gasteiger partial charge in [0.05, 0.1) is 28.3 Å². The Hall–Kier alpha value is -1.93. The molecule has 1 fully saturated rings. The molecule has 0 aliphatic carbocycles. The first-order valence-electron chi connectivity index (χ1n) is 8.53. The van der Waals surface area contributed by atoms with E-state index in [1.165, 1.54) is 11.7 Å². The summed E-state index contributed by atoms with van der Waals surface area (Å²) in [5.41, 5.74) is 3.44. The highest BCUT2D eigenvalue weighted by Gasteiger charge is 2.20.